The van der Waals surface area contributed by atoms with Crippen molar-refractivity contribution in [3.05, 3.63) is 69.1 Å². The minimum Gasteiger partial charge on any atom is -0.305 e. The molecule has 0 unspecified atom stereocenters. The quantitative estimate of drug-likeness (QED) is 0.438. The minimum absolute atomic E-state index is 0.0117. The molecule has 30 heavy (non-hydrogen) atoms. The molecular formula is C19H20ClN5O4S. The fourth-order valence-corrected chi connectivity index (χ4v) is 5.40. The zero-order valence-corrected chi connectivity index (χ0v) is 17.8. The number of aryl methyl sites for hydroxylation is 1. The Morgan fingerprint density at radius 1 is 1.13 bits per heavy atom. The summed E-state index contributed by atoms with van der Waals surface area (Å²) in [7, 11) is -3.80. The lowest BCUT2D eigenvalue weighted by Gasteiger charge is -2.33. The lowest BCUT2D eigenvalue weighted by atomic mass is 10.2. The smallest absolute Gasteiger partial charge is 0.270 e. The van der Waals surface area contributed by atoms with Crippen LogP contribution in [-0.4, -0.2) is 58.1 Å². The Kier molecular flexibility index (Phi) is 5.49. The predicted molar refractivity (Wildman–Crippen MR) is 112 cm³/mol. The van der Waals surface area contributed by atoms with Crippen LogP contribution in [0.5, 0.6) is 0 Å². The average Bonchev–Trinajstić information content (AvgIpc) is 3.09. The highest BCUT2D eigenvalue weighted by molar-refractivity contribution is 7.89. The van der Waals surface area contributed by atoms with Gasteiger partial charge in [0.2, 0.25) is 10.0 Å². The van der Waals surface area contributed by atoms with Crippen molar-refractivity contribution in [3.63, 3.8) is 0 Å². The first-order chi connectivity index (χ1) is 14.2. The van der Waals surface area contributed by atoms with E-state index in [0.717, 1.165) is 17.4 Å². The molecule has 4 rings (SSSR count). The molecule has 2 aromatic heterocycles. The molecule has 0 aliphatic carbocycles. The van der Waals surface area contributed by atoms with Gasteiger partial charge in [-0.15, -0.1) is 0 Å². The molecule has 1 saturated heterocycles. The summed E-state index contributed by atoms with van der Waals surface area (Å²) in [6, 6.07) is 7.55. The van der Waals surface area contributed by atoms with Crippen LogP contribution in [0.25, 0.3) is 5.65 Å². The van der Waals surface area contributed by atoms with Crippen LogP contribution in [-0.2, 0) is 16.6 Å². The Morgan fingerprint density at radius 3 is 2.57 bits per heavy atom. The molecule has 1 aliphatic rings. The van der Waals surface area contributed by atoms with Crippen LogP contribution in [0.3, 0.4) is 0 Å². The number of halogens is 1. The summed E-state index contributed by atoms with van der Waals surface area (Å²) in [5, 5.41) is 11.7. The third-order valence-corrected chi connectivity index (χ3v) is 7.45. The third kappa shape index (κ3) is 4.04. The van der Waals surface area contributed by atoms with Crippen molar-refractivity contribution in [1.29, 1.82) is 0 Å². The maximum atomic E-state index is 13.1. The fourth-order valence-electron chi connectivity index (χ4n) is 3.57. The number of aromatic nitrogens is 2. The molecular weight excluding hydrogens is 430 g/mol. The van der Waals surface area contributed by atoms with Crippen LogP contribution in [0.15, 0.2) is 47.6 Å². The fraction of sp³-hybridized carbons (Fsp3) is 0.316. The van der Waals surface area contributed by atoms with Crippen LogP contribution < -0.4 is 0 Å². The molecule has 0 bridgehead atoms. The summed E-state index contributed by atoms with van der Waals surface area (Å²) < 4.78 is 29.4. The summed E-state index contributed by atoms with van der Waals surface area (Å²) in [4.78, 5) is 17.1. The second-order valence-electron chi connectivity index (χ2n) is 7.23. The van der Waals surface area contributed by atoms with Gasteiger partial charge in [0.25, 0.3) is 5.69 Å². The number of nitrogens with zero attached hydrogens (tertiary/aromatic N) is 5. The number of rotatable bonds is 5. The molecule has 1 aromatic carbocycles. The Hall–Kier alpha value is -2.53. The highest BCUT2D eigenvalue weighted by atomic mass is 35.5. The second-order valence-corrected chi connectivity index (χ2v) is 9.57. The second kappa shape index (κ2) is 7.95. The van der Waals surface area contributed by atoms with Crippen molar-refractivity contribution < 1.29 is 13.3 Å². The zero-order valence-electron chi connectivity index (χ0n) is 16.2. The van der Waals surface area contributed by atoms with Gasteiger partial charge in [0.05, 0.1) is 20.5 Å². The molecule has 0 amide bonds. The van der Waals surface area contributed by atoms with Gasteiger partial charge in [-0.05, 0) is 24.6 Å². The number of hydrogen-bond acceptors (Lipinski definition) is 6. The largest absolute Gasteiger partial charge is 0.305 e. The molecule has 3 aromatic rings. The Balaban J connectivity index is 1.46. The molecule has 158 valence electrons. The van der Waals surface area contributed by atoms with Gasteiger partial charge in [-0.3, -0.25) is 15.0 Å². The van der Waals surface area contributed by atoms with Gasteiger partial charge in [-0.1, -0.05) is 17.7 Å². The number of sulfonamides is 1. The van der Waals surface area contributed by atoms with E-state index in [-0.39, 0.29) is 10.6 Å². The van der Waals surface area contributed by atoms with Gasteiger partial charge in [0.1, 0.15) is 5.65 Å². The first-order valence-electron chi connectivity index (χ1n) is 9.35. The van der Waals surface area contributed by atoms with Gasteiger partial charge in [0, 0.05) is 57.3 Å². The van der Waals surface area contributed by atoms with Crippen molar-refractivity contribution in [2.45, 2.75) is 18.4 Å². The Morgan fingerprint density at radius 2 is 1.87 bits per heavy atom. The molecule has 0 atom stereocenters. The molecule has 0 radical (unpaired) electrons. The highest BCUT2D eigenvalue weighted by Crippen LogP contribution is 2.26. The zero-order chi connectivity index (χ0) is 21.5. The molecule has 1 aliphatic heterocycles. The lowest BCUT2D eigenvalue weighted by Crippen LogP contribution is -2.48. The molecule has 0 N–H and O–H groups in total. The van der Waals surface area contributed by atoms with Crippen molar-refractivity contribution >= 4 is 33.0 Å². The number of pyridine rings is 1. The molecule has 9 nitrogen and oxygen atoms in total. The molecule has 1 fully saturated rings. The van der Waals surface area contributed by atoms with Crippen LogP contribution in [0.2, 0.25) is 5.02 Å². The standard InChI is InChI=1S/C19H20ClN5O4S/c1-14-2-4-17(25(26)27)10-18(14)30(28,29)24-8-6-22(7-9-24)12-16-13-23-11-15(20)3-5-19(23)21-16/h2-5,10-11,13H,6-9,12H2,1H3. The molecule has 11 heteroatoms. The van der Waals surface area contributed by atoms with Gasteiger partial charge in [0.15, 0.2) is 0 Å². The lowest BCUT2D eigenvalue weighted by molar-refractivity contribution is -0.385. The van der Waals surface area contributed by atoms with Crippen molar-refractivity contribution in [2.24, 2.45) is 0 Å². The topological polar surface area (TPSA) is 101 Å². The first-order valence-corrected chi connectivity index (χ1v) is 11.2. The summed E-state index contributed by atoms with van der Waals surface area (Å²) in [6.07, 6.45) is 3.70. The monoisotopic (exact) mass is 449 g/mol. The number of nitro groups is 1. The minimum atomic E-state index is -3.80. The number of benzene rings is 1. The van der Waals surface area contributed by atoms with Gasteiger partial charge in [-0.2, -0.15) is 4.31 Å². The van der Waals surface area contributed by atoms with Crippen LogP contribution in [0, 0.1) is 17.0 Å². The van der Waals surface area contributed by atoms with E-state index >= 15 is 0 Å². The van der Waals surface area contributed by atoms with Crippen molar-refractivity contribution in [1.82, 2.24) is 18.6 Å². The number of nitro benzene ring substituents is 1. The number of piperazine rings is 1. The van der Waals surface area contributed by atoms with E-state index in [1.54, 1.807) is 19.2 Å². The first kappa shape index (κ1) is 20.7. The van der Waals surface area contributed by atoms with E-state index in [4.69, 9.17) is 11.6 Å². The number of fused-ring (bicyclic) bond motifs is 1. The maximum absolute atomic E-state index is 13.1. The van der Waals surface area contributed by atoms with E-state index in [9.17, 15) is 18.5 Å². The number of hydrogen-bond donors (Lipinski definition) is 0. The van der Waals surface area contributed by atoms with Crippen molar-refractivity contribution in [2.75, 3.05) is 26.2 Å². The van der Waals surface area contributed by atoms with E-state index in [2.05, 4.69) is 9.88 Å². The third-order valence-electron chi connectivity index (χ3n) is 5.18. The number of imidazole rings is 1. The SMILES string of the molecule is Cc1ccc([N+](=O)[O-])cc1S(=O)(=O)N1CCN(Cc2cn3cc(Cl)ccc3n2)CC1. The molecule has 0 spiro atoms. The van der Waals surface area contributed by atoms with Crippen molar-refractivity contribution in [3.8, 4) is 0 Å². The van der Waals surface area contributed by atoms with Gasteiger partial charge in [-0.25, -0.2) is 13.4 Å². The summed E-state index contributed by atoms with van der Waals surface area (Å²) in [5.74, 6) is 0. The Bertz CT molecular complexity index is 1220. The Labute approximate surface area is 178 Å². The highest BCUT2D eigenvalue weighted by Gasteiger charge is 2.31. The molecule has 0 saturated carbocycles. The predicted octanol–water partition coefficient (Wildman–Crippen LogP) is 2.71. The maximum Gasteiger partial charge on any atom is 0.270 e. The van der Waals surface area contributed by atoms with Crippen LogP contribution >= 0.6 is 11.6 Å². The van der Waals surface area contributed by atoms with Gasteiger partial charge < -0.3 is 4.40 Å². The van der Waals surface area contributed by atoms with E-state index in [1.165, 1.54) is 16.4 Å². The van der Waals surface area contributed by atoms with Crippen LogP contribution in [0.1, 0.15) is 11.3 Å². The van der Waals surface area contributed by atoms with E-state index < -0.39 is 14.9 Å². The van der Waals surface area contributed by atoms with E-state index in [0.29, 0.717) is 43.3 Å². The van der Waals surface area contributed by atoms with Crippen LogP contribution in [0.4, 0.5) is 5.69 Å². The van der Waals surface area contributed by atoms with Gasteiger partial charge >= 0.3 is 0 Å². The number of non-ortho nitro benzene ring substituents is 1. The average molecular weight is 450 g/mol. The summed E-state index contributed by atoms with van der Waals surface area (Å²) in [6.45, 7) is 3.95. The van der Waals surface area contributed by atoms with E-state index in [1.807, 2.05) is 16.7 Å². The molecule has 3 heterocycles. The normalized spacial score (nSPS) is 16.2. The summed E-state index contributed by atoms with van der Waals surface area (Å²) in [5.41, 5.74) is 1.94. The summed E-state index contributed by atoms with van der Waals surface area (Å²) >= 11 is 6.01.